The number of benzene rings is 2. The van der Waals surface area contributed by atoms with Crippen LogP contribution in [0.4, 0.5) is 18.9 Å². The van der Waals surface area contributed by atoms with Crippen LogP contribution in [0, 0.1) is 11.8 Å². The fourth-order valence-electron chi connectivity index (χ4n) is 4.08. The summed E-state index contributed by atoms with van der Waals surface area (Å²) < 4.78 is 41.1. The summed E-state index contributed by atoms with van der Waals surface area (Å²) in [6, 6.07) is 13.0. The van der Waals surface area contributed by atoms with Crippen molar-refractivity contribution in [2.75, 3.05) is 18.4 Å². The molecule has 0 unspecified atom stereocenters. The maximum Gasteiger partial charge on any atom is 0.416 e. The molecule has 30 heavy (non-hydrogen) atoms. The minimum Gasteiger partial charge on any atom is -0.392 e. The van der Waals surface area contributed by atoms with E-state index in [1.54, 1.807) is 24.3 Å². The van der Waals surface area contributed by atoms with Gasteiger partial charge in [0.2, 0.25) is 5.91 Å². The predicted molar refractivity (Wildman–Crippen MR) is 110 cm³/mol. The number of rotatable bonds is 5. The van der Waals surface area contributed by atoms with Crippen LogP contribution in [0.3, 0.4) is 0 Å². The molecule has 7 heteroatoms. The summed E-state index contributed by atoms with van der Waals surface area (Å²) in [6.45, 7) is 5.04. The van der Waals surface area contributed by atoms with Crippen molar-refractivity contribution in [3.8, 4) is 0 Å². The Kier molecular flexibility index (Phi) is 6.83. The minimum atomic E-state index is -4.53. The average molecular weight is 420 g/mol. The number of halogens is 3. The summed E-state index contributed by atoms with van der Waals surface area (Å²) >= 11 is 0. The number of hydrogen-bond acceptors (Lipinski definition) is 3. The van der Waals surface area contributed by atoms with Crippen LogP contribution in [0.1, 0.15) is 30.5 Å². The second-order valence-electron chi connectivity index (χ2n) is 8.22. The molecule has 1 aliphatic heterocycles. The molecule has 2 aromatic rings. The van der Waals surface area contributed by atoms with Gasteiger partial charge in [0.25, 0.3) is 0 Å². The Morgan fingerprint density at radius 3 is 2.33 bits per heavy atom. The number of alkyl halides is 3. The summed E-state index contributed by atoms with van der Waals surface area (Å²) in [5.41, 5.74) is 0.340. The largest absolute Gasteiger partial charge is 0.416 e. The van der Waals surface area contributed by atoms with Gasteiger partial charge in [-0.25, -0.2) is 0 Å². The lowest BCUT2D eigenvalue weighted by molar-refractivity contribution is -0.138. The van der Waals surface area contributed by atoms with E-state index in [0.717, 1.165) is 11.6 Å². The summed E-state index contributed by atoms with van der Waals surface area (Å²) in [7, 11) is 0. The molecule has 2 aromatic carbocycles. The van der Waals surface area contributed by atoms with Crippen LogP contribution in [0.15, 0.2) is 48.5 Å². The van der Waals surface area contributed by atoms with E-state index in [4.69, 9.17) is 0 Å². The van der Waals surface area contributed by atoms with E-state index in [2.05, 4.69) is 5.32 Å². The zero-order chi connectivity index (χ0) is 21.9. The van der Waals surface area contributed by atoms with Gasteiger partial charge < -0.3 is 10.4 Å². The Morgan fingerprint density at radius 1 is 1.10 bits per heavy atom. The molecule has 1 saturated heterocycles. The molecule has 3 atom stereocenters. The SMILES string of the molecule is C[C@@H]1CN(Cc2ccc(NC(=O)Cc3ccccc3)cc2C(F)(F)F)C[C@H](C)[C@H]1O. The van der Waals surface area contributed by atoms with Crippen molar-refractivity contribution in [3.63, 3.8) is 0 Å². The van der Waals surface area contributed by atoms with Gasteiger partial charge in [-0.15, -0.1) is 0 Å². The van der Waals surface area contributed by atoms with E-state index in [-0.39, 0.29) is 42.0 Å². The summed E-state index contributed by atoms with van der Waals surface area (Å²) in [5, 5.41) is 12.7. The molecule has 3 rings (SSSR count). The van der Waals surface area contributed by atoms with Crippen LogP contribution in [0.2, 0.25) is 0 Å². The first kappa shape index (κ1) is 22.3. The van der Waals surface area contributed by atoms with Gasteiger partial charge in [0, 0.05) is 25.3 Å². The molecule has 1 heterocycles. The van der Waals surface area contributed by atoms with Crippen LogP contribution < -0.4 is 5.32 Å². The first-order chi connectivity index (χ1) is 14.1. The second kappa shape index (κ2) is 9.18. The van der Waals surface area contributed by atoms with Crippen LogP contribution in [0.5, 0.6) is 0 Å². The van der Waals surface area contributed by atoms with Crippen LogP contribution in [-0.4, -0.2) is 35.1 Å². The Hall–Kier alpha value is -2.38. The maximum absolute atomic E-state index is 13.7. The van der Waals surface area contributed by atoms with E-state index in [0.29, 0.717) is 13.1 Å². The van der Waals surface area contributed by atoms with E-state index < -0.39 is 17.8 Å². The summed E-state index contributed by atoms with van der Waals surface area (Å²) in [5.74, 6) is -0.367. The number of hydrogen-bond donors (Lipinski definition) is 2. The van der Waals surface area contributed by atoms with Gasteiger partial charge in [-0.3, -0.25) is 9.69 Å². The number of aliphatic hydroxyl groups excluding tert-OH is 1. The molecule has 0 saturated carbocycles. The van der Waals surface area contributed by atoms with Crippen molar-refractivity contribution < 1.29 is 23.1 Å². The molecule has 4 nitrogen and oxygen atoms in total. The molecule has 0 spiro atoms. The van der Waals surface area contributed by atoms with E-state index in [1.807, 2.05) is 24.8 Å². The van der Waals surface area contributed by atoms with Gasteiger partial charge in [-0.2, -0.15) is 13.2 Å². The fourth-order valence-corrected chi connectivity index (χ4v) is 4.08. The normalized spacial score (nSPS) is 22.7. The first-order valence-electron chi connectivity index (χ1n) is 10.1. The molecule has 1 amide bonds. The molecule has 2 N–H and O–H groups in total. The molecule has 0 aromatic heterocycles. The van der Waals surface area contributed by atoms with Crippen molar-refractivity contribution >= 4 is 11.6 Å². The molecule has 1 fully saturated rings. The smallest absolute Gasteiger partial charge is 0.392 e. The number of carbonyl (C=O) groups excluding carboxylic acids is 1. The molecule has 162 valence electrons. The number of piperidine rings is 1. The van der Waals surface area contributed by atoms with Crippen molar-refractivity contribution in [1.82, 2.24) is 4.90 Å². The molecular formula is C23H27F3N2O2. The van der Waals surface area contributed by atoms with Gasteiger partial charge in [0.05, 0.1) is 18.1 Å². The molecule has 0 bridgehead atoms. The summed E-state index contributed by atoms with van der Waals surface area (Å²) in [6.07, 6.45) is -4.87. The molecule has 0 aliphatic carbocycles. The quantitative estimate of drug-likeness (QED) is 0.757. The highest BCUT2D eigenvalue weighted by Gasteiger charge is 2.36. The number of nitrogens with zero attached hydrogens (tertiary/aromatic N) is 1. The Balaban J connectivity index is 1.75. The number of nitrogens with one attached hydrogen (secondary N) is 1. The topological polar surface area (TPSA) is 52.6 Å². The Morgan fingerprint density at radius 2 is 1.73 bits per heavy atom. The second-order valence-corrected chi connectivity index (χ2v) is 8.22. The maximum atomic E-state index is 13.7. The van der Waals surface area contributed by atoms with Crippen molar-refractivity contribution in [2.24, 2.45) is 11.8 Å². The minimum absolute atomic E-state index is 0.000338. The number of aliphatic hydroxyl groups is 1. The van der Waals surface area contributed by atoms with Crippen molar-refractivity contribution in [1.29, 1.82) is 0 Å². The first-order valence-corrected chi connectivity index (χ1v) is 10.1. The van der Waals surface area contributed by atoms with Crippen LogP contribution >= 0.6 is 0 Å². The lowest BCUT2D eigenvalue weighted by Crippen LogP contribution is -2.47. The standard InChI is InChI=1S/C23H27F3N2O2/c1-15-12-28(13-16(2)22(15)30)14-18-8-9-19(11-20(18)23(24,25)26)27-21(29)10-17-6-4-3-5-7-17/h3-9,11,15-16,22,30H,10,12-14H2,1-2H3,(H,27,29)/t15-,16+,22+. The van der Waals surface area contributed by atoms with Crippen molar-refractivity contribution in [3.05, 3.63) is 65.2 Å². The zero-order valence-corrected chi connectivity index (χ0v) is 17.1. The van der Waals surface area contributed by atoms with Crippen LogP contribution in [0.25, 0.3) is 0 Å². The third-order valence-corrected chi connectivity index (χ3v) is 5.56. The average Bonchev–Trinajstić information content (AvgIpc) is 2.67. The van der Waals surface area contributed by atoms with Crippen molar-refractivity contribution in [2.45, 2.75) is 39.1 Å². The highest BCUT2D eigenvalue weighted by Crippen LogP contribution is 2.35. The lowest BCUT2D eigenvalue weighted by atomic mass is 9.88. The Labute approximate surface area is 174 Å². The van der Waals surface area contributed by atoms with Gasteiger partial charge in [0.1, 0.15) is 0 Å². The lowest BCUT2D eigenvalue weighted by Gasteiger charge is -2.39. The van der Waals surface area contributed by atoms with Gasteiger partial charge >= 0.3 is 6.18 Å². The molecule has 0 radical (unpaired) electrons. The van der Waals surface area contributed by atoms with E-state index in [1.165, 1.54) is 12.1 Å². The monoisotopic (exact) mass is 420 g/mol. The highest BCUT2D eigenvalue weighted by atomic mass is 19.4. The number of amides is 1. The highest BCUT2D eigenvalue weighted by molar-refractivity contribution is 5.92. The molecule has 1 aliphatic rings. The fraction of sp³-hybridized carbons (Fsp3) is 0.435. The van der Waals surface area contributed by atoms with Gasteiger partial charge in [-0.05, 0) is 35.1 Å². The number of likely N-dealkylation sites (tertiary alicyclic amines) is 1. The van der Waals surface area contributed by atoms with E-state index in [9.17, 15) is 23.1 Å². The predicted octanol–water partition coefficient (Wildman–Crippen LogP) is 4.34. The van der Waals surface area contributed by atoms with Crippen LogP contribution in [-0.2, 0) is 23.9 Å². The summed E-state index contributed by atoms with van der Waals surface area (Å²) in [4.78, 5) is 14.2. The number of carbonyl (C=O) groups is 1. The molecular weight excluding hydrogens is 393 g/mol. The zero-order valence-electron chi connectivity index (χ0n) is 17.1. The van der Waals surface area contributed by atoms with Gasteiger partial charge in [0.15, 0.2) is 0 Å². The Bertz CT molecular complexity index is 858. The number of anilines is 1. The third-order valence-electron chi connectivity index (χ3n) is 5.56. The third kappa shape index (κ3) is 5.61. The van der Waals surface area contributed by atoms with Gasteiger partial charge in [-0.1, -0.05) is 50.2 Å². The van der Waals surface area contributed by atoms with E-state index >= 15 is 0 Å².